The Hall–Kier alpha value is -1.91. The molecule has 1 aliphatic heterocycles. The van der Waals surface area contributed by atoms with Crippen LogP contribution in [0.5, 0.6) is 5.75 Å². The summed E-state index contributed by atoms with van der Waals surface area (Å²) in [7, 11) is 1.63. The third-order valence-corrected chi connectivity index (χ3v) is 8.99. The van der Waals surface area contributed by atoms with E-state index < -0.39 is 5.97 Å². The minimum atomic E-state index is -0.737. The van der Waals surface area contributed by atoms with E-state index in [1.807, 2.05) is 29.8 Å². The van der Waals surface area contributed by atoms with Gasteiger partial charge in [0.05, 0.1) is 17.6 Å². The molecule has 1 fully saturated rings. The molecule has 0 radical (unpaired) electrons. The number of likely N-dealkylation sites (tertiary alicyclic amines) is 1. The molecule has 1 saturated heterocycles. The predicted octanol–water partition coefficient (Wildman–Crippen LogP) is 5.34. The van der Waals surface area contributed by atoms with Gasteiger partial charge < -0.3 is 20.5 Å². The van der Waals surface area contributed by atoms with Crippen LogP contribution in [0.4, 0.5) is 0 Å². The SMILES string of the molecule is COc1ccc2ncc(Cl)c([C@H](N)CCC3CCN(CCSc4nccs4)CC3CC(=O)O)c2c1. The first-order valence-electron chi connectivity index (χ1n) is 11.8. The Morgan fingerprint density at radius 3 is 3.00 bits per heavy atom. The molecule has 0 saturated carbocycles. The van der Waals surface area contributed by atoms with Crippen molar-refractivity contribution < 1.29 is 14.6 Å². The first-order chi connectivity index (χ1) is 16.9. The Bertz CT molecular complexity index is 1130. The fourth-order valence-corrected chi connectivity index (χ4v) is 6.95. The minimum Gasteiger partial charge on any atom is -0.497 e. The van der Waals surface area contributed by atoms with Crippen LogP contribution in [0.3, 0.4) is 0 Å². The summed E-state index contributed by atoms with van der Waals surface area (Å²) in [6.45, 7) is 2.72. The molecule has 1 aromatic carbocycles. The highest BCUT2D eigenvalue weighted by atomic mass is 35.5. The summed E-state index contributed by atoms with van der Waals surface area (Å²) in [4.78, 5) is 22.7. The van der Waals surface area contributed by atoms with E-state index in [4.69, 9.17) is 22.1 Å². The molecule has 2 aromatic heterocycles. The highest BCUT2D eigenvalue weighted by molar-refractivity contribution is 8.01. The van der Waals surface area contributed by atoms with Gasteiger partial charge in [-0.25, -0.2) is 4.98 Å². The molecular weight excluding hydrogens is 504 g/mol. The molecular formula is C25H31ClN4O3S2. The molecule has 188 valence electrons. The maximum absolute atomic E-state index is 11.6. The summed E-state index contributed by atoms with van der Waals surface area (Å²) in [5.41, 5.74) is 8.37. The molecule has 2 unspecified atom stereocenters. The second-order valence-corrected chi connectivity index (χ2v) is 11.6. The number of aliphatic carboxylic acids is 1. The van der Waals surface area contributed by atoms with Crippen molar-refractivity contribution >= 4 is 51.6 Å². The molecule has 0 bridgehead atoms. The van der Waals surface area contributed by atoms with E-state index in [-0.39, 0.29) is 18.4 Å². The van der Waals surface area contributed by atoms with E-state index in [9.17, 15) is 9.90 Å². The number of benzene rings is 1. The van der Waals surface area contributed by atoms with E-state index in [2.05, 4.69) is 14.9 Å². The molecule has 7 nitrogen and oxygen atoms in total. The first kappa shape index (κ1) is 26.2. The number of aromatic nitrogens is 2. The topological polar surface area (TPSA) is 102 Å². The molecule has 35 heavy (non-hydrogen) atoms. The quantitative estimate of drug-likeness (QED) is 0.318. The number of nitrogens with zero attached hydrogens (tertiary/aromatic N) is 3. The number of thiazole rings is 1. The first-order valence-corrected chi connectivity index (χ1v) is 14.0. The lowest BCUT2D eigenvalue weighted by molar-refractivity contribution is -0.139. The summed E-state index contributed by atoms with van der Waals surface area (Å²) >= 11 is 9.96. The van der Waals surface area contributed by atoms with Crippen LogP contribution in [0, 0.1) is 11.8 Å². The number of hydrogen-bond donors (Lipinski definition) is 2. The number of carboxylic acid groups (broad SMARTS) is 1. The maximum Gasteiger partial charge on any atom is 0.303 e. The number of nitrogens with two attached hydrogens (primary N) is 1. The molecule has 3 atom stereocenters. The van der Waals surface area contributed by atoms with Crippen molar-refractivity contribution in [2.45, 2.75) is 36.1 Å². The fourth-order valence-electron chi connectivity index (χ4n) is 4.95. The summed E-state index contributed by atoms with van der Waals surface area (Å²) < 4.78 is 6.47. The lowest BCUT2D eigenvalue weighted by Gasteiger charge is -2.38. The largest absolute Gasteiger partial charge is 0.497 e. The third kappa shape index (κ3) is 6.86. The highest BCUT2D eigenvalue weighted by Gasteiger charge is 2.31. The summed E-state index contributed by atoms with van der Waals surface area (Å²) in [6.07, 6.45) is 6.24. The number of halogens is 1. The number of carbonyl (C=O) groups is 1. The van der Waals surface area contributed by atoms with Gasteiger partial charge in [0.1, 0.15) is 10.1 Å². The molecule has 0 amide bonds. The molecule has 1 aliphatic rings. The van der Waals surface area contributed by atoms with Gasteiger partial charge in [0.15, 0.2) is 0 Å². The van der Waals surface area contributed by atoms with E-state index in [1.165, 1.54) is 0 Å². The number of thioether (sulfide) groups is 1. The molecule has 3 N–H and O–H groups in total. The van der Waals surface area contributed by atoms with E-state index in [1.54, 1.807) is 36.4 Å². The third-order valence-electron chi connectivity index (χ3n) is 6.74. The normalized spacial score (nSPS) is 19.6. The zero-order valence-electron chi connectivity index (χ0n) is 19.7. The average Bonchev–Trinajstić information content (AvgIpc) is 3.36. The van der Waals surface area contributed by atoms with Gasteiger partial charge in [0.25, 0.3) is 0 Å². The number of methoxy groups -OCH3 is 1. The van der Waals surface area contributed by atoms with Crippen LogP contribution < -0.4 is 10.5 Å². The predicted molar refractivity (Wildman–Crippen MR) is 143 cm³/mol. The van der Waals surface area contributed by atoms with Crippen molar-refractivity contribution in [3.8, 4) is 5.75 Å². The van der Waals surface area contributed by atoms with Crippen LogP contribution >= 0.6 is 34.7 Å². The highest BCUT2D eigenvalue weighted by Crippen LogP contribution is 2.36. The number of ether oxygens (including phenoxy) is 1. The number of carboxylic acids is 1. The van der Waals surface area contributed by atoms with Crippen LogP contribution in [0.15, 0.2) is 40.3 Å². The Labute approximate surface area is 219 Å². The van der Waals surface area contributed by atoms with Crippen molar-refractivity contribution in [2.24, 2.45) is 17.6 Å². The second-order valence-electron chi connectivity index (χ2n) is 8.94. The number of pyridine rings is 1. The summed E-state index contributed by atoms with van der Waals surface area (Å²) in [6, 6.07) is 5.45. The van der Waals surface area contributed by atoms with Crippen molar-refractivity contribution in [3.63, 3.8) is 0 Å². The van der Waals surface area contributed by atoms with Crippen molar-refractivity contribution in [2.75, 3.05) is 32.5 Å². The average molecular weight is 535 g/mol. The molecule has 4 rings (SSSR count). The minimum absolute atomic E-state index is 0.114. The Morgan fingerprint density at radius 2 is 2.26 bits per heavy atom. The molecule has 3 aromatic rings. The van der Waals surface area contributed by atoms with E-state index in [0.29, 0.717) is 10.9 Å². The summed E-state index contributed by atoms with van der Waals surface area (Å²) in [5.74, 6) is 1.39. The van der Waals surface area contributed by atoms with Crippen LogP contribution in [-0.2, 0) is 4.79 Å². The van der Waals surface area contributed by atoms with Gasteiger partial charge in [-0.05, 0) is 61.4 Å². The van der Waals surface area contributed by atoms with Crippen LogP contribution in [0.2, 0.25) is 5.02 Å². The lowest BCUT2D eigenvalue weighted by Crippen LogP contribution is -2.42. The van der Waals surface area contributed by atoms with E-state index >= 15 is 0 Å². The number of fused-ring (bicyclic) bond motifs is 1. The van der Waals surface area contributed by atoms with Gasteiger partial charge >= 0.3 is 5.97 Å². The molecule has 0 spiro atoms. The van der Waals surface area contributed by atoms with Crippen LogP contribution in [0.1, 0.15) is 37.3 Å². The smallest absolute Gasteiger partial charge is 0.303 e. The van der Waals surface area contributed by atoms with Gasteiger partial charge in [-0.3, -0.25) is 9.78 Å². The van der Waals surface area contributed by atoms with E-state index in [0.717, 1.165) is 71.2 Å². The Kier molecular flexibility index (Phi) is 9.24. The zero-order chi connectivity index (χ0) is 24.8. The van der Waals surface area contributed by atoms with Gasteiger partial charge in [-0.2, -0.15) is 0 Å². The number of piperidine rings is 1. The van der Waals surface area contributed by atoms with Crippen molar-refractivity contribution in [1.82, 2.24) is 14.9 Å². The van der Waals surface area contributed by atoms with Gasteiger partial charge in [-0.1, -0.05) is 23.4 Å². The van der Waals surface area contributed by atoms with Gasteiger partial charge in [0, 0.05) is 54.5 Å². The zero-order valence-corrected chi connectivity index (χ0v) is 22.1. The van der Waals surface area contributed by atoms with Crippen molar-refractivity contribution in [3.05, 3.63) is 46.6 Å². The maximum atomic E-state index is 11.6. The van der Waals surface area contributed by atoms with Crippen molar-refractivity contribution in [1.29, 1.82) is 0 Å². The fraction of sp³-hybridized carbons (Fsp3) is 0.480. The van der Waals surface area contributed by atoms with Gasteiger partial charge in [0.2, 0.25) is 0 Å². The Balaban J connectivity index is 1.39. The number of hydrogen-bond acceptors (Lipinski definition) is 8. The standard InChI is InChI=1S/C25H31ClN4O3S2/c1-33-18-3-5-22-19(13-18)24(20(26)14-29-22)21(27)4-2-16-6-8-30(15-17(16)12-23(31)32)9-11-35-25-28-7-10-34-25/h3,5,7,10,13-14,16-17,21H,2,4,6,8-9,11-12,15,27H2,1H3,(H,31,32)/t16?,17?,21-/m1/s1. The number of rotatable bonds is 11. The van der Waals surface area contributed by atoms with Gasteiger partial charge in [-0.15, -0.1) is 11.3 Å². The molecule has 3 heterocycles. The molecule has 0 aliphatic carbocycles. The van der Waals surface area contributed by atoms with Crippen LogP contribution in [-0.4, -0.2) is 58.4 Å². The lowest BCUT2D eigenvalue weighted by atomic mass is 9.79. The monoisotopic (exact) mass is 534 g/mol. The second kappa shape index (κ2) is 12.4. The summed E-state index contributed by atoms with van der Waals surface area (Å²) in [5, 5.41) is 13.0. The van der Waals surface area contributed by atoms with Crippen LogP contribution in [0.25, 0.3) is 10.9 Å². The molecule has 10 heteroatoms. The Morgan fingerprint density at radius 1 is 1.40 bits per heavy atom.